The molecule has 0 aliphatic rings. The Labute approximate surface area is 113 Å². The molecular weight excluding hydrogens is 244 g/mol. The number of aliphatic hydroxyl groups excluding tert-OH is 1. The average molecular weight is 266 g/mol. The number of hydrogen-bond acceptors (Lipinski definition) is 5. The minimum Gasteiger partial charge on any atom is -0.490 e. The molecule has 0 saturated heterocycles. The first-order valence-electron chi connectivity index (χ1n) is 6.35. The van der Waals surface area contributed by atoms with Gasteiger partial charge >= 0.3 is 0 Å². The van der Waals surface area contributed by atoms with Gasteiger partial charge in [0, 0.05) is 18.3 Å². The molecule has 0 spiro atoms. The van der Waals surface area contributed by atoms with Crippen LogP contribution < -0.4 is 15.8 Å². The summed E-state index contributed by atoms with van der Waals surface area (Å²) in [6.45, 7) is 6.03. The van der Waals surface area contributed by atoms with Crippen LogP contribution in [-0.2, 0) is 0 Å². The van der Waals surface area contributed by atoms with Crippen molar-refractivity contribution in [3.63, 3.8) is 0 Å². The molecule has 0 unspecified atom stereocenters. The highest BCUT2D eigenvalue weighted by Gasteiger charge is 2.11. The number of carbonyl (C=O) groups excluding carboxylic acids is 1. The number of hydrogen-bond donors (Lipinski definition) is 3. The van der Waals surface area contributed by atoms with Gasteiger partial charge in [0.05, 0.1) is 5.56 Å². The minimum atomic E-state index is -0.625. The van der Waals surface area contributed by atoms with Crippen molar-refractivity contribution >= 4 is 11.5 Å². The Hall–Kier alpha value is -1.59. The molecule has 0 aliphatic carbocycles. The van der Waals surface area contributed by atoms with Gasteiger partial charge in [-0.3, -0.25) is 4.79 Å². The number of nitrogens with two attached hydrogens (primary N) is 1. The van der Waals surface area contributed by atoms with Gasteiger partial charge in [0.15, 0.2) is 5.78 Å². The van der Waals surface area contributed by atoms with Gasteiger partial charge in [0.1, 0.15) is 18.5 Å². The van der Waals surface area contributed by atoms with Crippen LogP contribution in [0.15, 0.2) is 18.2 Å². The van der Waals surface area contributed by atoms with Crippen molar-refractivity contribution in [2.75, 3.05) is 18.9 Å². The maximum Gasteiger partial charge on any atom is 0.163 e. The molecule has 5 heteroatoms. The molecule has 1 aromatic carbocycles. The fraction of sp³-hybridized carbons (Fsp3) is 0.500. The lowest BCUT2D eigenvalue weighted by Gasteiger charge is -2.16. The monoisotopic (exact) mass is 266 g/mol. The van der Waals surface area contributed by atoms with Gasteiger partial charge in [-0.05, 0) is 25.1 Å². The molecule has 0 aromatic heterocycles. The highest BCUT2D eigenvalue weighted by atomic mass is 16.5. The summed E-state index contributed by atoms with van der Waals surface area (Å²) in [7, 11) is 0. The number of nitrogens with one attached hydrogen (secondary N) is 1. The van der Waals surface area contributed by atoms with E-state index in [9.17, 15) is 9.90 Å². The average Bonchev–Trinajstić information content (AvgIpc) is 2.34. The van der Waals surface area contributed by atoms with Crippen molar-refractivity contribution in [3.8, 4) is 5.75 Å². The summed E-state index contributed by atoms with van der Waals surface area (Å²) in [5, 5.41) is 12.9. The second kappa shape index (κ2) is 7.11. The fourth-order valence-corrected chi connectivity index (χ4v) is 1.57. The summed E-state index contributed by atoms with van der Waals surface area (Å²) < 4.78 is 5.48. The van der Waals surface area contributed by atoms with Crippen LogP contribution in [0.3, 0.4) is 0 Å². The fourth-order valence-electron chi connectivity index (χ4n) is 1.57. The van der Waals surface area contributed by atoms with Crippen LogP contribution in [0.25, 0.3) is 0 Å². The predicted molar refractivity (Wildman–Crippen MR) is 75.5 cm³/mol. The molecule has 1 rings (SSSR count). The van der Waals surface area contributed by atoms with Crippen LogP contribution in [0.2, 0.25) is 0 Å². The van der Waals surface area contributed by atoms with Gasteiger partial charge < -0.3 is 20.9 Å². The van der Waals surface area contributed by atoms with Crippen molar-refractivity contribution in [3.05, 3.63) is 23.8 Å². The number of rotatable bonds is 7. The Balaban J connectivity index is 2.60. The van der Waals surface area contributed by atoms with Gasteiger partial charge in [-0.2, -0.15) is 0 Å². The Morgan fingerprint density at radius 3 is 2.74 bits per heavy atom. The summed E-state index contributed by atoms with van der Waals surface area (Å²) in [4.78, 5) is 11.5. The van der Waals surface area contributed by atoms with Gasteiger partial charge in [-0.25, -0.2) is 0 Å². The normalized spacial score (nSPS) is 12.5. The summed E-state index contributed by atoms with van der Waals surface area (Å²) >= 11 is 0. The number of ether oxygens (including phenoxy) is 1. The SMILES string of the molecule is CC(=O)c1cc(N)ccc1OC[C@H](O)CNC(C)C. The number of nitrogen functional groups attached to an aromatic ring is 1. The second-order valence-electron chi connectivity index (χ2n) is 4.84. The molecule has 1 aromatic rings. The van der Waals surface area contributed by atoms with Gasteiger partial charge in [-0.15, -0.1) is 0 Å². The predicted octanol–water partition coefficient (Wildman–Crippen LogP) is 1.21. The molecule has 0 aliphatic heterocycles. The first-order chi connectivity index (χ1) is 8.90. The zero-order chi connectivity index (χ0) is 14.4. The van der Waals surface area contributed by atoms with E-state index in [4.69, 9.17) is 10.5 Å². The summed E-state index contributed by atoms with van der Waals surface area (Å²) in [6, 6.07) is 5.20. The third-order valence-corrected chi connectivity index (χ3v) is 2.58. The van der Waals surface area contributed by atoms with Crippen LogP contribution in [-0.4, -0.2) is 36.2 Å². The topological polar surface area (TPSA) is 84.6 Å². The lowest BCUT2D eigenvalue weighted by atomic mass is 10.1. The summed E-state index contributed by atoms with van der Waals surface area (Å²) in [5.74, 6) is 0.336. The van der Waals surface area contributed by atoms with Gasteiger partial charge in [0.25, 0.3) is 0 Å². The van der Waals surface area contributed by atoms with Crippen molar-refractivity contribution in [2.45, 2.75) is 32.9 Å². The third-order valence-electron chi connectivity index (χ3n) is 2.58. The largest absolute Gasteiger partial charge is 0.490 e. The quantitative estimate of drug-likeness (QED) is 0.510. The van der Waals surface area contributed by atoms with E-state index in [1.807, 2.05) is 13.8 Å². The number of ketones is 1. The van der Waals surface area contributed by atoms with Crippen LogP contribution in [0.1, 0.15) is 31.1 Å². The Morgan fingerprint density at radius 1 is 1.47 bits per heavy atom. The molecule has 106 valence electrons. The molecule has 0 bridgehead atoms. The first-order valence-corrected chi connectivity index (χ1v) is 6.35. The van der Waals surface area contributed by atoms with Crippen LogP contribution >= 0.6 is 0 Å². The standard InChI is InChI=1S/C14H22N2O3/c1-9(2)16-7-12(18)8-19-14-5-4-11(15)6-13(14)10(3)17/h4-6,9,12,16,18H,7-8,15H2,1-3H3/t12-/m1/s1. The zero-order valence-corrected chi connectivity index (χ0v) is 11.6. The lowest BCUT2D eigenvalue weighted by molar-refractivity contribution is 0.0968. The Kier molecular flexibility index (Phi) is 5.79. The molecular formula is C14H22N2O3. The maximum absolute atomic E-state index is 11.5. The van der Waals surface area contributed by atoms with E-state index in [0.717, 1.165) is 0 Å². The van der Waals surface area contributed by atoms with E-state index in [0.29, 0.717) is 29.6 Å². The first kappa shape index (κ1) is 15.5. The van der Waals surface area contributed by atoms with E-state index in [-0.39, 0.29) is 12.4 Å². The molecule has 1 atom stereocenters. The summed E-state index contributed by atoms with van der Waals surface area (Å²) in [5.41, 5.74) is 6.58. The molecule has 0 heterocycles. The second-order valence-corrected chi connectivity index (χ2v) is 4.84. The highest BCUT2D eigenvalue weighted by molar-refractivity contribution is 5.97. The minimum absolute atomic E-state index is 0.114. The summed E-state index contributed by atoms with van der Waals surface area (Å²) in [6.07, 6.45) is -0.625. The Morgan fingerprint density at radius 2 is 2.16 bits per heavy atom. The van der Waals surface area contributed by atoms with Gasteiger partial charge in [0.2, 0.25) is 0 Å². The van der Waals surface area contributed by atoms with E-state index >= 15 is 0 Å². The maximum atomic E-state index is 11.5. The van der Waals surface area contributed by atoms with Crippen molar-refractivity contribution in [1.82, 2.24) is 5.32 Å². The highest BCUT2D eigenvalue weighted by Crippen LogP contribution is 2.22. The third kappa shape index (κ3) is 5.28. The van der Waals surface area contributed by atoms with Crippen molar-refractivity contribution < 1.29 is 14.6 Å². The van der Waals surface area contributed by atoms with E-state index in [2.05, 4.69) is 5.32 Å². The molecule has 0 radical (unpaired) electrons. The van der Waals surface area contributed by atoms with Crippen LogP contribution in [0.5, 0.6) is 5.75 Å². The Bertz CT molecular complexity index is 433. The zero-order valence-electron chi connectivity index (χ0n) is 11.6. The molecule has 19 heavy (non-hydrogen) atoms. The van der Waals surface area contributed by atoms with Crippen LogP contribution in [0.4, 0.5) is 5.69 Å². The molecule has 0 saturated carbocycles. The molecule has 4 N–H and O–H groups in total. The number of Topliss-reactive ketones (excluding diaryl/α,β-unsaturated/α-hetero) is 1. The number of aliphatic hydroxyl groups is 1. The van der Waals surface area contributed by atoms with Crippen molar-refractivity contribution in [2.24, 2.45) is 0 Å². The van der Waals surface area contributed by atoms with E-state index in [1.165, 1.54) is 6.92 Å². The molecule has 0 fully saturated rings. The number of benzene rings is 1. The smallest absolute Gasteiger partial charge is 0.163 e. The molecule has 0 amide bonds. The van der Waals surface area contributed by atoms with E-state index < -0.39 is 6.10 Å². The number of anilines is 1. The van der Waals surface area contributed by atoms with Crippen LogP contribution in [0, 0.1) is 0 Å². The van der Waals surface area contributed by atoms with Gasteiger partial charge in [-0.1, -0.05) is 13.8 Å². The molecule has 5 nitrogen and oxygen atoms in total. The van der Waals surface area contributed by atoms with E-state index in [1.54, 1.807) is 18.2 Å². The van der Waals surface area contributed by atoms with Crippen molar-refractivity contribution in [1.29, 1.82) is 0 Å². The number of carbonyl (C=O) groups is 1. The lowest BCUT2D eigenvalue weighted by Crippen LogP contribution is -2.35.